The van der Waals surface area contributed by atoms with Gasteiger partial charge < -0.3 is 10.1 Å². The molecule has 3 rings (SSSR count). The van der Waals surface area contributed by atoms with Crippen molar-refractivity contribution in [2.24, 2.45) is 0 Å². The summed E-state index contributed by atoms with van der Waals surface area (Å²) in [6.07, 6.45) is -2.42. The lowest BCUT2D eigenvalue weighted by Gasteiger charge is -2.18. The van der Waals surface area contributed by atoms with Gasteiger partial charge in [-0.25, -0.2) is 8.42 Å². The number of hydrogen-bond donors (Lipinski definition) is 1. The maximum atomic E-state index is 13.2. The summed E-state index contributed by atoms with van der Waals surface area (Å²) in [5, 5.41) is 2.46. The molecule has 6 nitrogen and oxygen atoms in total. The van der Waals surface area contributed by atoms with Crippen molar-refractivity contribution in [1.82, 2.24) is 4.31 Å². The molecule has 0 radical (unpaired) electrons. The van der Waals surface area contributed by atoms with Gasteiger partial charge in [-0.2, -0.15) is 17.5 Å². The molecule has 1 aliphatic rings. The van der Waals surface area contributed by atoms with Crippen LogP contribution in [0.25, 0.3) is 0 Å². The van der Waals surface area contributed by atoms with E-state index in [1.165, 1.54) is 22.5 Å². The second kappa shape index (κ2) is 9.50. The molecule has 0 saturated carbocycles. The lowest BCUT2D eigenvalue weighted by Crippen LogP contribution is -2.28. The highest BCUT2D eigenvalue weighted by molar-refractivity contribution is 7.89. The highest BCUT2D eigenvalue weighted by Gasteiger charge is 2.32. The van der Waals surface area contributed by atoms with Crippen LogP contribution in [0.3, 0.4) is 0 Å². The first-order valence-corrected chi connectivity index (χ1v) is 11.7. The summed E-state index contributed by atoms with van der Waals surface area (Å²) in [6, 6.07) is 7.06. The van der Waals surface area contributed by atoms with Crippen molar-refractivity contribution in [3.05, 3.63) is 53.1 Å². The Kier molecular flexibility index (Phi) is 7.14. The third kappa shape index (κ3) is 5.24. The molecule has 2 aromatic rings. The molecule has 1 aliphatic heterocycles. The zero-order chi connectivity index (χ0) is 23.5. The van der Waals surface area contributed by atoms with Crippen LogP contribution >= 0.6 is 0 Å². The van der Waals surface area contributed by atoms with E-state index in [0.29, 0.717) is 25.1 Å². The van der Waals surface area contributed by atoms with Crippen LogP contribution in [0.15, 0.2) is 41.3 Å². The Balaban J connectivity index is 1.94. The van der Waals surface area contributed by atoms with Crippen LogP contribution < -0.4 is 10.1 Å². The number of rotatable bonds is 7. The van der Waals surface area contributed by atoms with E-state index in [1.807, 2.05) is 6.92 Å². The van der Waals surface area contributed by atoms with Gasteiger partial charge in [-0.15, -0.1) is 0 Å². The van der Waals surface area contributed by atoms with Crippen LogP contribution in [0.4, 0.5) is 18.9 Å². The van der Waals surface area contributed by atoms with Gasteiger partial charge in [-0.3, -0.25) is 4.79 Å². The minimum absolute atomic E-state index is 0.0263. The fourth-order valence-corrected chi connectivity index (χ4v) is 4.96. The monoisotopic (exact) mass is 470 g/mol. The van der Waals surface area contributed by atoms with Crippen molar-refractivity contribution in [3.8, 4) is 5.75 Å². The molecular weight excluding hydrogens is 445 g/mol. The van der Waals surface area contributed by atoms with Gasteiger partial charge in [0.15, 0.2) is 0 Å². The highest BCUT2D eigenvalue weighted by atomic mass is 32.2. The molecule has 1 saturated heterocycles. The zero-order valence-electron chi connectivity index (χ0n) is 17.8. The Hall–Kier alpha value is -2.59. The number of amides is 1. The number of ether oxygens (including phenoxy) is 1. The van der Waals surface area contributed by atoms with E-state index < -0.39 is 27.7 Å². The van der Waals surface area contributed by atoms with E-state index in [1.54, 1.807) is 6.92 Å². The molecule has 0 bridgehead atoms. The standard InChI is InChI=1S/C22H25F3N2O4S/c1-3-12-31-20-9-7-16(22(23,24)25)13-19(20)26-21(28)18-14-17(8-6-15(18)2)32(29,30)27-10-4-5-11-27/h6-9,13-14H,3-5,10-12H2,1-2H3,(H,26,28). The number of anilines is 1. The molecule has 1 heterocycles. The summed E-state index contributed by atoms with van der Waals surface area (Å²) in [7, 11) is -3.75. The molecule has 1 amide bonds. The third-order valence-electron chi connectivity index (χ3n) is 5.17. The first-order chi connectivity index (χ1) is 15.0. The predicted molar refractivity (Wildman–Crippen MR) is 114 cm³/mol. The van der Waals surface area contributed by atoms with Gasteiger partial charge in [0.25, 0.3) is 5.91 Å². The number of sulfonamides is 1. The van der Waals surface area contributed by atoms with Gasteiger partial charge in [-0.1, -0.05) is 13.0 Å². The number of carbonyl (C=O) groups is 1. The Morgan fingerprint density at radius 3 is 2.44 bits per heavy atom. The number of hydrogen-bond acceptors (Lipinski definition) is 4. The minimum Gasteiger partial charge on any atom is -0.491 e. The van der Waals surface area contributed by atoms with E-state index in [4.69, 9.17) is 4.74 Å². The molecule has 174 valence electrons. The summed E-state index contributed by atoms with van der Waals surface area (Å²) in [5.74, 6) is -0.617. The second-order valence-corrected chi connectivity index (χ2v) is 9.54. The number of nitrogens with zero attached hydrogens (tertiary/aromatic N) is 1. The smallest absolute Gasteiger partial charge is 0.416 e. The van der Waals surface area contributed by atoms with Gasteiger partial charge in [-0.05, 0) is 62.1 Å². The number of benzene rings is 2. The number of carbonyl (C=O) groups excluding carboxylic acids is 1. The van der Waals surface area contributed by atoms with Crippen molar-refractivity contribution >= 4 is 21.6 Å². The molecule has 0 unspecified atom stereocenters. The topological polar surface area (TPSA) is 75.7 Å². The summed E-state index contributed by atoms with van der Waals surface area (Å²) in [6.45, 7) is 4.57. The molecular formula is C22H25F3N2O4S. The van der Waals surface area contributed by atoms with Gasteiger partial charge in [0.1, 0.15) is 5.75 Å². The Bertz CT molecular complexity index is 1090. The van der Waals surface area contributed by atoms with E-state index in [9.17, 15) is 26.4 Å². The van der Waals surface area contributed by atoms with Crippen LogP contribution in [-0.4, -0.2) is 38.3 Å². The average molecular weight is 471 g/mol. The third-order valence-corrected chi connectivity index (χ3v) is 7.07. The van der Waals surface area contributed by atoms with E-state index >= 15 is 0 Å². The molecule has 1 fully saturated rings. The van der Waals surface area contributed by atoms with Gasteiger partial charge in [0.2, 0.25) is 10.0 Å². The Labute approximate surface area is 185 Å². The lowest BCUT2D eigenvalue weighted by atomic mass is 10.1. The van der Waals surface area contributed by atoms with E-state index in [2.05, 4.69) is 5.32 Å². The second-order valence-electron chi connectivity index (χ2n) is 7.60. The quantitative estimate of drug-likeness (QED) is 0.628. The first-order valence-electron chi connectivity index (χ1n) is 10.3. The van der Waals surface area contributed by atoms with Crippen LogP contribution in [0.2, 0.25) is 0 Å². The first kappa shape index (κ1) is 24.1. The summed E-state index contributed by atoms with van der Waals surface area (Å²) >= 11 is 0. The van der Waals surface area contributed by atoms with Crippen LogP contribution in [0.5, 0.6) is 5.75 Å². The molecule has 0 atom stereocenters. The minimum atomic E-state index is -4.59. The number of alkyl halides is 3. The van der Waals surface area contributed by atoms with E-state index in [0.717, 1.165) is 31.0 Å². The summed E-state index contributed by atoms with van der Waals surface area (Å²) in [4.78, 5) is 12.9. The SMILES string of the molecule is CCCOc1ccc(C(F)(F)F)cc1NC(=O)c1cc(S(=O)(=O)N2CCCC2)ccc1C. The van der Waals surface area contributed by atoms with Gasteiger partial charge >= 0.3 is 6.18 Å². The van der Waals surface area contributed by atoms with Crippen LogP contribution in [0.1, 0.15) is 47.7 Å². The van der Waals surface area contributed by atoms with Crippen LogP contribution in [-0.2, 0) is 16.2 Å². The Morgan fingerprint density at radius 2 is 1.81 bits per heavy atom. The fraction of sp³-hybridized carbons (Fsp3) is 0.409. The van der Waals surface area contributed by atoms with Crippen LogP contribution in [0, 0.1) is 6.92 Å². The normalized spacial score (nSPS) is 15.0. The predicted octanol–water partition coefficient (Wildman–Crippen LogP) is 4.84. The molecule has 1 N–H and O–H groups in total. The number of aryl methyl sites for hydroxylation is 1. The fourth-order valence-electron chi connectivity index (χ4n) is 3.42. The number of nitrogens with one attached hydrogen (secondary N) is 1. The average Bonchev–Trinajstić information content (AvgIpc) is 3.28. The highest BCUT2D eigenvalue weighted by Crippen LogP contribution is 2.35. The van der Waals surface area contributed by atoms with Crippen molar-refractivity contribution < 1.29 is 31.1 Å². The van der Waals surface area contributed by atoms with Crippen molar-refractivity contribution in [3.63, 3.8) is 0 Å². The molecule has 2 aromatic carbocycles. The van der Waals surface area contributed by atoms with Crippen molar-refractivity contribution in [1.29, 1.82) is 0 Å². The maximum absolute atomic E-state index is 13.2. The van der Waals surface area contributed by atoms with Crippen molar-refractivity contribution in [2.45, 2.75) is 44.2 Å². The molecule has 0 aromatic heterocycles. The molecule has 32 heavy (non-hydrogen) atoms. The molecule has 0 spiro atoms. The maximum Gasteiger partial charge on any atom is 0.416 e. The Morgan fingerprint density at radius 1 is 1.12 bits per heavy atom. The van der Waals surface area contributed by atoms with Crippen molar-refractivity contribution in [2.75, 3.05) is 25.0 Å². The van der Waals surface area contributed by atoms with E-state index in [-0.39, 0.29) is 28.5 Å². The molecule has 10 heteroatoms. The molecule has 0 aliphatic carbocycles. The zero-order valence-corrected chi connectivity index (χ0v) is 18.6. The summed E-state index contributed by atoms with van der Waals surface area (Å²) in [5.41, 5.74) is -0.515. The largest absolute Gasteiger partial charge is 0.491 e. The lowest BCUT2D eigenvalue weighted by molar-refractivity contribution is -0.137. The van der Waals surface area contributed by atoms with Gasteiger partial charge in [0.05, 0.1) is 22.8 Å². The van der Waals surface area contributed by atoms with Gasteiger partial charge in [0, 0.05) is 18.7 Å². The number of halogens is 3. The summed E-state index contributed by atoms with van der Waals surface area (Å²) < 4.78 is 72.1.